The summed E-state index contributed by atoms with van der Waals surface area (Å²) in [6, 6.07) is 5.46. The average molecular weight is 448 g/mol. The zero-order valence-electron chi connectivity index (χ0n) is 19.9. The molecule has 0 radical (unpaired) electrons. The molecule has 3 atom stereocenters. The standard InChI is InChI=1S/C24H37N3O5/c1-16-13-26(3)17(2)15-32-21-7-6-19(25-23(28)18-8-10-31-11-9-18)12-20(21)24(29)27(4)14-22(16)30-5/h6-7,12,16-18,22H,8-11,13-15H2,1-5H3,(H,25,28)/t16-,17-,22+/m0/s1. The fourth-order valence-corrected chi connectivity index (χ4v) is 4.24. The summed E-state index contributed by atoms with van der Waals surface area (Å²) in [4.78, 5) is 29.9. The Labute approximate surface area is 191 Å². The summed E-state index contributed by atoms with van der Waals surface area (Å²) in [6.45, 7) is 7.22. The highest BCUT2D eigenvalue weighted by Crippen LogP contribution is 2.27. The van der Waals surface area contributed by atoms with Gasteiger partial charge in [0.25, 0.3) is 5.91 Å². The fraction of sp³-hybridized carbons (Fsp3) is 0.667. The lowest BCUT2D eigenvalue weighted by atomic mass is 9.99. The quantitative estimate of drug-likeness (QED) is 0.767. The second-order valence-corrected chi connectivity index (χ2v) is 9.12. The van der Waals surface area contributed by atoms with Gasteiger partial charge in [0.1, 0.15) is 12.4 Å². The number of ether oxygens (including phenoxy) is 3. The third-order valence-corrected chi connectivity index (χ3v) is 6.62. The first kappa shape index (κ1) is 24.5. The monoisotopic (exact) mass is 447 g/mol. The molecule has 1 fully saturated rings. The van der Waals surface area contributed by atoms with E-state index in [1.165, 1.54) is 0 Å². The van der Waals surface area contributed by atoms with E-state index in [0.717, 1.165) is 6.54 Å². The van der Waals surface area contributed by atoms with Gasteiger partial charge in [0, 0.05) is 58.1 Å². The number of carbonyl (C=O) groups excluding carboxylic acids is 2. The van der Waals surface area contributed by atoms with Gasteiger partial charge < -0.3 is 24.4 Å². The van der Waals surface area contributed by atoms with Crippen LogP contribution in [0.15, 0.2) is 18.2 Å². The van der Waals surface area contributed by atoms with Gasteiger partial charge in [0.05, 0.1) is 11.7 Å². The van der Waals surface area contributed by atoms with Gasteiger partial charge in [-0.25, -0.2) is 0 Å². The Morgan fingerprint density at radius 3 is 2.56 bits per heavy atom. The third-order valence-electron chi connectivity index (χ3n) is 6.62. The topological polar surface area (TPSA) is 80.3 Å². The highest BCUT2D eigenvalue weighted by atomic mass is 16.5. The highest BCUT2D eigenvalue weighted by molar-refractivity contribution is 5.99. The minimum atomic E-state index is -0.155. The molecule has 178 valence electrons. The molecule has 0 bridgehead atoms. The van der Waals surface area contributed by atoms with E-state index in [9.17, 15) is 9.59 Å². The van der Waals surface area contributed by atoms with Crippen LogP contribution in [0.4, 0.5) is 5.69 Å². The lowest BCUT2D eigenvalue weighted by Gasteiger charge is -2.34. The first-order chi connectivity index (χ1) is 15.3. The van der Waals surface area contributed by atoms with Crippen LogP contribution in [0.2, 0.25) is 0 Å². The predicted octanol–water partition coefficient (Wildman–Crippen LogP) is 2.49. The summed E-state index contributed by atoms with van der Waals surface area (Å²) in [6.07, 6.45) is 1.34. The van der Waals surface area contributed by atoms with Crippen molar-refractivity contribution >= 4 is 17.5 Å². The van der Waals surface area contributed by atoms with E-state index in [4.69, 9.17) is 14.2 Å². The van der Waals surface area contributed by atoms with Crippen LogP contribution < -0.4 is 10.1 Å². The van der Waals surface area contributed by atoms with Crippen molar-refractivity contribution in [1.29, 1.82) is 0 Å². The normalized spacial score (nSPS) is 26.5. The first-order valence-electron chi connectivity index (χ1n) is 11.4. The maximum absolute atomic E-state index is 13.4. The number of nitrogens with zero attached hydrogens (tertiary/aromatic N) is 2. The Hall–Kier alpha value is -2.16. The van der Waals surface area contributed by atoms with E-state index in [1.807, 2.05) is 0 Å². The second kappa shape index (κ2) is 11.1. The fourth-order valence-electron chi connectivity index (χ4n) is 4.24. The Kier molecular flexibility index (Phi) is 8.51. The molecule has 1 saturated heterocycles. The third kappa shape index (κ3) is 5.99. The Bertz CT molecular complexity index is 796. The number of anilines is 1. The number of methoxy groups -OCH3 is 1. The van der Waals surface area contributed by atoms with Gasteiger partial charge >= 0.3 is 0 Å². The molecule has 0 saturated carbocycles. The molecule has 1 aromatic carbocycles. The van der Waals surface area contributed by atoms with Gasteiger partial charge in [-0.2, -0.15) is 0 Å². The van der Waals surface area contributed by atoms with Gasteiger partial charge in [-0.1, -0.05) is 6.92 Å². The van der Waals surface area contributed by atoms with E-state index in [-0.39, 0.29) is 35.8 Å². The number of fused-ring (bicyclic) bond motifs is 1. The summed E-state index contributed by atoms with van der Waals surface area (Å²) in [5.74, 6) is 0.504. The molecule has 2 heterocycles. The molecule has 0 aromatic heterocycles. The molecule has 8 nitrogen and oxygen atoms in total. The molecule has 8 heteroatoms. The van der Waals surface area contributed by atoms with E-state index in [2.05, 4.69) is 31.1 Å². The van der Waals surface area contributed by atoms with Gasteiger partial charge in [-0.15, -0.1) is 0 Å². The van der Waals surface area contributed by atoms with Crippen LogP contribution >= 0.6 is 0 Å². The lowest BCUT2D eigenvalue weighted by molar-refractivity contribution is -0.122. The van der Waals surface area contributed by atoms with E-state index >= 15 is 0 Å². The summed E-state index contributed by atoms with van der Waals surface area (Å²) in [5, 5.41) is 2.97. The molecule has 3 rings (SSSR count). The molecular weight excluding hydrogens is 410 g/mol. The van der Waals surface area contributed by atoms with Gasteiger partial charge in [0.15, 0.2) is 0 Å². The average Bonchev–Trinajstić information content (AvgIpc) is 2.80. The van der Waals surface area contributed by atoms with Crippen molar-refractivity contribution in [2.24, 2.45) is 11.8 Å². The Morgan fingerprint density at radius 2 is 1.88 bits per heavy atom. The zero-order chi connectivity index (χ0) is 23.3. The summed E-state index contributed by atoms with van der Waals surface area (Å²) in [5.41, 5.74) is 1.04. The van der Waals surface area contributed by atoms with E-state index in [1.54, 1.807) is 37.3 Å². The molecule has 2 amide bonds. The number of hydrogen-bond acceptors (Lipinski definition) is 6. The number of likely N-dealkylation sites (N-methyl/N-ethyl adjacent to an activating group) is 2. The smallest absolute Gasteiger partial charge is 0.257 e. The number of nitrogens with one attached hydrogen (secondary N) is 1. The van der Waals surface area contributed by atoms with E-state index in [0.29, 0.717) is 56.2 Å². The summed E-state index contributed by atoms with van der Waals surface area (Å²) < 4.78 is 17.1. The number of carbonyl (C=O) groups is 2. The van der Waals surface area contributed by atoms with Crippen LogP contribution in [0.1, 0.15) is 37.0 Å². The predicted molar refractivity (Wildman–Crippen MR) is 123 cm³/mol. The van der Waals surface area contributed by atoms with Crippen LogP contribution in [0, 0.1) is 11.8 Å². The summed E-state index contributed by atoms with van der Waals surface area (Å²) >= 11 is 0. The minimum Gasteiger partial charge on any atom is -0.491 e. The molecular formula is C24H37N3O5. The van der Waals surface area contributed by atoms with E-state index < -0.39 is 0 Å². The van der Waals surface area contributed by atoms with Crippen LogP contribution in [-0.2, 0) is 14.3 Å². The largest absolute Gasteiger partial charge is 0.491 e. The van der Waals surface area contributed by atoms with Crippen LogP contribution in [0.3, 0.4) is 0 Å². The molecule has 0 aliphatic carbocycles. The van der Waals surface area contributed by atoms with Crippen molar-refractivity contribution < 1.29 is 23.8 Å². The van der Waals surface area contributed by atoms with Crippen molar-refractivity contribution in [3.8, 4) is 5.75 Å². The Balaban J connectivity index is 1.86. The zero-order valence-corrected chi connectivity index (χ0v) is 19.9. The molecule has 1 N–H and O–H groups in total. The van der Waals surface area contributed by atoms with Crippen LogP contribution in [-0.4, -0.2) is 87.9 Å². The number of hydrogen-bond donors (Lipinski definition) is 1. The van der Waals surface area contributed by atoms with Crippen molar-refractivity contribution in [2.45, 2.75) is 38.8 Å². The highest BCUT2D eigenvalue weighted by Gasteiger charge is 2.28. The number of rotatable bonds is 3. The molecule has 32 heavy (non-hydrogen) atoms. The number of benzene rings is 1. The van der Waals surface area contributed by atoms with Crippen molar-refractivity contribution in [3.63, 3.8) is 0 Å². The Morgan fingerprint density at radius 1 is 1.16 bits per heavy atom. The van der Waals surface area contributed by atoms with Crippen LogP contribution in [0.5, 0.6) is 5.75 Å². The van der Waals surface area contributed by atoms with Gasteiger partial charge in [-0.05, 0) is 50.9 Å². The number of amides is 2. The van der Waals surface area contributed by atoms with Crippen LogP contribution in [0.25, 0.3) is 0 Å². The van der Waals surface area contributed by atoms with Crippen molar-refractivity contribution in [3.05, 3.63) is 23.8 Å². The lowest BCUT2D eigenvalue weighted by Crippen LogP contribution is -2.45. The summed E-state index contributed by atoms with van der Waals surface area (Å²) in [7, 11) is 5.54. The van der Waals surface area contributed by atoms with Crippen molar-refractivity contribution in [1.82, 2.24) is 9.80 Å². The molecule has 2 aliphatic heterocycles. The maximum Gasteiger partial charge on any atom is 0.257 e. The molecule has 1 aromatic rings. The van der Waals surface area contributed by atoms with Gasteiger partial charge in [0.2, 0.25) is 5.91 Å². The minimum absolute atomic E-state index is 0.0355. The van der Waals surface area contributed by atoms with Crippen molar-refractivity contribution in [2.75, 3.05) is 59.4 Å². The first-order valence-corrected chi connectivity index (χ1v) is 11.4. The van der Waals surface area contributed by atoms with Gasteiger partial charge in [-0.3, -0.25) is 14.5 Å². The molecule has 2 aliphatic rings. The SMILES string of the molecule is CO[C@@H]1CN(C)C(=O)c2cc(NC(=O)C3CCOCC3)ccc2OC[C@H](C)N(C)C[C@@H]1C. The second-order valence-electron chi connectivity index (χ2n) is 9.12. The maximum atomic E-state index is 13.4. The molecule has 0 spiro atoms. The molecule has 0 unspecified atom stereocenters.